The van der Waals surface area contributed by atoms with Crippen molar-refractivity contribution in [2.45, 2.75) is 25.1 Å². The third-order valence-electron chi connectivity index (χ3n) is 4.73. The Morgan fingerprint density at radius 2 is 1.79 bits per heavy atom. The molecule has 1 aromatic heterocycles. The zero-order chi connectivity index (χ0) is 19.7. The molecule has 3 aromatic rings. The van der Waals surface area contributed by atoms with Crippen molar-refractivity contribution >= 4 is 5.91 Å². The summed E-state index contributed by atoms with van der Waals surface area (Å²) in [6.45, 7) is 0.146. The van der Waals surface area contributed by atoms with E-state index in [0.29, 0.717) is 11.7 Å². The van der Waals surface area contributed by atoms with Gasteiger partial charge >= 0.3 is 6.18 Å². The summed E-state index contributed by atoms with van der Waals surface area (Å²) in [5.74, 6) is 0.197. The summed E-state index contributed by atoms with van der Waals surface area (Å²) in [4.78, 5) is 18.1. The van der Waals surface area contributed by atoms with E-state index in [-0.39, 0.29) is 36.9 Å². The van der Waals surface area contributed by atoms with Crippen molar-refractivity contribution in [3.8, 4) is 11.5 Å². The molecule has 8 heteroatoms. The Labute approximate surface area is 158 Å². The molecule has 1 aliphatic rings. The molecule has 0 radical (unpaired) electrons. The monoisotopic (exact) mass is 387 g/mol. The number of hydrogen-bond acceptors (Lipinski definition) is 4. The van der Waals surface area contributed by atoms with Gasteiger partial charge in [0.05, 0.1) is 5.56 Å². The average molecular weight is 387 g/mol. The normalized spacial score (nSPS) is 17.3. The smallest absolute Gasteiger partial charge is 0.338 e. The Hall–Kier alpha value is -3.16. The lowest BCUT2D eigenvalue weighted by atomic mass is 10.1. The molecule has 1 unspecified atom stereocenters. The molecule has 2 heterocycles. The molecule has 1 amide bonds. The van der Waals surface area contributed by atoms with Crippen molar-refractivity contribution < 1.29 is 22.5 Å². The van der Waals surface area contributed by atoms with Crippen LogP contribution in [0, 0.1) is 0 Å². The molecule has 1 atom stereocenters. The second-order valence-electron chi connectivity index (χ2n) is 6.65. The number of halogens is 3. The first-order valence-electron chi connectivity index (χ1n) is 8.73. The summed E-state index contributed by atoms with van der Waals surface area (Å²) >= 11 is 0. The highest BCUT2D eigenvalue weighted by atomic mass is 19.4. The van der Waals surface area contributed by atoms with E-state index in [1.54, 1.807) is 0 Å². The van der Waals surface area contributed by atoms with Crippen LogP contribution in [0.3, 0.4) is 0 Å². The molecule has 5 nitrogen and oxygen atoms in total. The first kappa shape index (κ1) is 18.2. The number of rotatable bonds is 4. The SMILES string of the molecule is O=C1CC(c2noc(-c3ccccc3)n2)CN1Cc1ccccc1C(F)(F)F. The maximum Gasteiger partial charge on any atom is 0.416 e. The summed E-state index contributed by atoms with van der Waals surface area (Å²) in [6.07, 6.45) is -4.32. The second kappa shape index (κ2) is 7.10. The summed E-state index contributed by atoms with van der Waals surface area (Å²) in [5.41, 5.74) is 0.112. The molecule has 0 aliphatic carbocycles. The van der Waals surface area contributed by atoms with Gasteiger partial charge in [-0.05, 0) is 23.8 Å². The van der Waals surface area contributed by atoms with E-state index in [2.05, 4.69) is 10.1 Å². The third-order valence-corrected chi connectivity index (χ3v) is 4.73. The van der Waals surface area contributed by atoms with Gasteiger partial charge in [-0.3, -0.25) is 4.79 Å². The number of benzene rings is 2. The maximum atomic E-state index is 13.2. The summed E-state index contributed by atoms with van der Waals surface area (Å²) in [5, 5.41) is 3.96. The van der Waals surface area contributed by atoms with Crippen LogP contribution < -0.4 is 0 Å². The van der Waals surface area contributed by atoms with Gasteiger partial charge in [-0.1, -0.05) is 41.6 Å². The lowest BCUT2D eigenvalue weighted by molar-refractivity contribution is -0.139. The highest BCUT2D eigenvalue weighted by Crippen LogP contribution is 2.34. The number of likely N-dealkylation sites (tertiary alicyclic amines) is 1. The van der Waals surface area contributed by atoms with Gasteiger partial charge in [-0.25, -0.2) is 0 Å². The quantitative estimate of drug-likeness (QED) is 0.671. The number of carbonyl (C=O) groups is 1. The maximum absolute atomic E-state index is 13.2. The topological polar surface area (TPSA) is 59.2 Å². The summed E-state index contributed by atoms with van der Waals surface area (Å²) in [7, 11) is 0. The lowest BCUT2D eigenvalue weighted by Crippen LogP contribution is -2.26. The van der Waals surface area contributed by atoms with Gasteiger partial charge in [0, 0.05) is 31.0 Å². The molecule has 4 rings (SSSR count). The number of carbonyl (C=O) groups excluding carboxylic acids is 1. The van der Waals surface area contributed by atoms with Crippen molar-refractivity contribution in [3.05, 3.63) is 71.5 Å². The fourth-order valence-electron chi connectivity index (χ4n) is 3.34. The Morgan fingerprint density at radius 3 is 2.54 bits per heavy atom. The largest absolute Gasteiger partial charge is 0.416 e. The van der Waals surface area contributed by atoms with Gasteiger partial charge < -0.3 is 9.42 Å². The Kier molecular flexibility index (Phi) is 4.62. The van der Waals surface area contributed by atoms with Crippen LogP contribution in [0.2, 0.25) is 0 Å². The first-order valence-corrected chi connectivity index (χ1v) is 8.73. The number of hydrogen-bond donors (Lipinski definition) is 0. The van der Waals surface area contributed by atoms with Crippen molar-refractivity contribution in [3.63, 3.8) is 0 Å². The van der Waals surface area contributed by atoms with Gasteiger partial charge in [0.25, 0.3) is 5.89 Å². The summed E-state index contributed by atoms with van der Waals surface area (Å²) < 4.78 is 44.8. The molecule has 0 saturated carbocycles. The Balaban J connectivity index is 1.51. The van der Waals surface area contributed by atoms with Gasteiger partial charge in [0.15, 0.2) is 5.82 Å². The van der Waals surface area contributed by atoms with Crippen molar-refractivity contribution in [1.82, 2.24) is 15.0 Å². The van der Waals surface area contributed by atoms with E-state index in [1.165, 1.54) is 23.1 Å². The number of amides is 1. The molecular formula is C20H16F3N3O2. The lowest BCUT2D eigenvalue weighted by Gasteiger charge is -2.19. The van der Waals surface area contributed by atoms with Crippen molar-refractivity contribution in [1.29, 1.82) is 0 Å². The Bertz CT molecular complexity index is 986. The van der Waals surface area contributed by atoms with Gasteiger partial charge in [0.2, 0.25) is 5.91 Å². The van der Waals surface area contributed by atoms with Crippen LogP contribution in [0.4, 0.5) is 13.2 Å². The van der Waals surface area contributed by atoms with Crippen LogP contribution in [0.1, 0.15) is 29.3 Å². The van der Waals surface area contributed by atoms with Crippen molar-refractivity contribution in [2.75, 3.05) is 6.54 Å². The van der Waals surface area contributed by atoms with E-state index in [9.17, 15) is 18.0 Å². The van der Waals surface area contributed by atoms with Crippen LogP contribution in [-0.2, 0) is 17.5 Å². The van der Waals surface area contributed by atoms with E-state index >= 15 is 0 Å². The minimum atomic E-state index is -4.46. The van der Waals surface area contributed by atoms with Crippen LogP contribution >= 0.6 is 0 Å². The van der Waals surface area contributed by atoms with E-state index < -0.39 is 11.7 Å². The zero-order valence-corrected chi connectivity index (χ0v) is 14.7. The zero-order valence-electron chi connectivity index (χ0n) is 14.7. The molecule has 0 N–H and O–H groups in total. The average Bonchev–Trinajstić information content (AvgIpc) is 3.30. The molecule has 1 saturated heterocycles. The fraction of sp³-hybridized carbons (Fsp3) is 0.250. The van der Waals surface area contributed by atoms with E-state index in [0.717, 1.165) is 11.6 Å². The molecule has 1 aliphatic heterocycles. The van der Waals surface area contributed by atoms with Gasteiger partial charge in [0.1, 0.15) is 0 Å². The molecular weight excluding hydrogens is 371 g/mol. The number of aromatic nitrogens is 2. The molecule has 0 spiro atoms. The van der Waals surface area contributed by atoms with Crippen LogP contribution in [0.15, 0.2) is 59.1 Å². The highest BCUT2D eigenvalue weighted by Gasteiger charge is 2.37. The van der Waals surface area contributed by atoms with Gasteiger partial charge in [-0.15, -0.1) is 0 Å². The number of alkyl halides is 3. The predicted octanol–water partition coefficient (Wildman–Crippen LogP) is 4.27. The fourth-order valence-corrected chi connectivity index (χ4v) is 3.34. The van der Waals surface area contributed by atoms with Gasteiger partial charge in [-0.2, -0.15) is 18.2 Å². The predicted molar refractivity (Wildman–Crippen MR) is 94.0 cm³/mol. The van der Waals surface area contributed by atoms with E-state index in [1.807, 2.05) is 30.3 Å². The molecule has 2 aromatic carbocycles. The van der Waals surface area contributed by atoms with Crippen LogP contribution in [0.5, 0.6) is 0 Å². The number of nitrogens with zero attached hydrogens (tertiary/aromatic N) is 3. The second-order valence-corrected chi connectivity index (χ2v) is 6.65. The third kappa shape index (κ3) is 3.62. The molecule has 144 valence electrons. The van der Waals surface area contributed by atoms with E-state index in [4.69, 9.17) is 4.52 Å². The van der Waals surface area contributed by atoms with Crippen LogP contribution in [-0.4, -0.2) is 27.5 Å². The molecule has 28 heavy (non-hydrogen) atoms. The standard InChI is InChI=1S/C20H16F3N3O2/c21-20(22,23)16-9-5-4-8-14(16)11-26-12-15(10-17(26)27)18-24-19(28-25-18)13-6-2-1-3-7-13/h1-9,15H,10-12H2. The minimum Gasteiger partial charge on any atom is -0.338 e. The van der Waals surface area contributed by atoms with Crippen LogP contribution in [0.25, 0.3) is 11.5 Å². The highest BCUT2D eigenvalue weighted by molar-refractivity contribution is 5.79. The Morgan fingerprint density at radius 1 is 1.07 bits per heavy atom. The molecule has 0 bridgehead atoms. The minimum absolute atomic E-state index is 0.0714. The van der Waals surface area contributed by atoms with Crippen molar-refractivity contribution in [2.24, 2.45) is 0 Å². The molecule has 1 fully saturated rings. The summed E-state index contributed by atoms with van der Waals surface area (Å²) in [6, 6.07) is 14.5. The first-order chi connectivity index (χ1) is 13.4.